The zero-order chi connectivity index (χ0) is 20.9. The van der Waals surface area contributed by atoms with Gasteiger partial charge in [0.05, 0.1) is 12.7 Å². The summed E-state index contributed by atoms with van der Waals surface area (Å²) in [4.78, 5) is 5.76. The molecule has 1 atom stereocenters. The monoisotopic (exact) mass is 399 g/mol. The summed E-state index contributed by atoms with van der Waals surface area (Å²) >= 11 is 0. The van der Waals surface area contributed by atoms with Crippen molar-refractivity contribution < 1.29 is 4.74 Å². The molecule has 0 bridgehead atoms. The van der Waals surface area contributed by atoms with E-state index in [-0.39, 0.29) is 0 Å². The molecule has 4 rings (SSSR count). The maximum absolute atomic E-state index is 5.88. The molecule has 6 heteroatoms. The molecule has 0 saturated carbocycles. The number of ether oxygens (including phenoxy) is 1. The molecule has 0 radical (unpaired) electrons. The van der Waals surface area contributed by atoms with Crippen molar-refractivity contribution in [3.05, 3.63) is 89.7 Å². The minimum Gasteiger partial charge on any atom is -0.487 e. The molecule has 6 nitrogen and oxygen atoms in total. The number of rotatable bonds is 7. The average Bonchev–Trinajstić information content (AvgIpc) is 3.21. The van der Waals surface area contributed by atoms with E-state index in [0.717, 1.165) is 17.0 Å². The quantitative estimate of drug-likeness (QED) is 0.453. The van der Waals surface area contributed by atoms with Gasteiger partial charge in [-0.3, -0.25) is 4.98 Å². The Morgan fingerprint density at radius 1 is 0.900 bits per heavy atom. The number of pyridine rings is 1. The molecule has 2 heterocycles. The van der Waals surface area contributed by atoms with Crippen LogP contribution < -0.4 is 4.74 Å². The fourth-order valence-electron chi connectivity index (χ4n) is 3.61. The zero-order valence-corrected chi connectivity index (χ0v) is 17.4. The zero-order valence-electron chi connectivity index (χ0n) is 17.4. The predicted octanol–water partition coefficient (Wildman–Crippen LogP) is 4.64. The standard InChI is InChI=1S/C24H25N5O/c1-17(2)23(18-7-9-20(10-8-18)24-26-28-29(3)27-24)19-11-13-22(14-12-19)30-16-21-6-4-5-15-25-21/h4-15,17,23H,16H2,1-3H3. The largest absolute Gasteiger partial charge is 0.487 e. The summed E-state index contributed by atoms with van der Waals surface area (Å²) in [5.41, 5.74) is 4.41. The molecule has 2 aromatic heterocycles. The van der Waals surface area contributed by atoms with Crippen molar-refractivity contribution in [3.63, 3.8) is 0 Å². The molecule has 1 unspecified atom stereocenters. The van der Waals surface area contributed by atoms with Gasteiger partial charge in [-0.15, -0.1) is 10.2 Å². The van der Waals surface area contributed by atoms with Crippen molar-refractivity contribution in [3.8, 4) is 17.1 Å². The van der Waals surface area contributed by atoms with Crippen molar-refractivity contribution in [2.45, 2.75) is 26.4 Å². The second-order valence-corrected chi connectivity index (χ2v) is 7.62. The van der Waals surface area contributed by atoms with E-state index < -0.39 is 0 Å². The summed E-state index contributed by atoms with van der Waals surface area (Å²) in [6.45, 7) is 4.95. The van der Waals surface area contributed by atoms with Crippen LogP contribution in [0.4, 0.5) is 0 Å². The van der Waals surface area contributed by atoms with Crippen LogP contribution >= 0.6 is 0 Å². The van der Waals surface area contributed by atoms with E-state index in [9.17, 15) is 0 Å². The van der Waals surface area contributed by atoms with Gasteiger partial charge in [0.2, 0.25) is 5.82 Å². The first kappa shape index (κ1) is 19.8. The highest BCUT2D eigenvalue weighted by molar-refractivity contribution is 5.55. The lowest BCUT2D eigenvalue weighted by molar-refractivity contribution is 0.301. The molecule has 0 amide bonds. The minimum absolute atomic E-state index is 0.290. The summed E-state index contributed by atoms with van der Waals surface area (Å²) in [6, 6.07) is 22.6. The van der Waals surface area contributed by atoms with Crippen LogP contribution in [0.15, 0.2) is 72.9 Å². The third kappa shape index (κ3) is 4.54. The summed E-state index contributed by atoms with van der Waals surface area (Å²) in [7, 11) is 1.77. The minimum atomic E-state index is 0.290. The number of hydrogen-bond acceptors (Lipinski definition) is 5. The fourth-order valence-corrected chi connectivity index (χ4v) is 3.61. The van der Waals surface area contributed by atoms with Gasteiger partial charge in [0.1, 0.15) is 12.4 Å². The molecule has 0 aliphatic rings. The Bertz CT molecular complexity index is 1070. The van der Waals surface area contributed by atoms with Crippen LogP contribution in [0.5, 0.6) is 5.75 Å². The van der Waals surface area contributed by atoms with Gasteiger partial charge in [-0.2, -0.15) is 4.80 Å². The Labute approximate surface area is 176 Å². The Kier molecular flexibility index (Phi) is 5.84. The first-order valence-electron chi connectivity index (χ1n) is 10.1. The van der Waals surface area contributed by atoms with E-state index in [1.807, 2.05) is 30.3 Å². The first-order valence-corrected chi connectivity index (χ1v) is 10.1. The molecule has 152 valence electrons. The third-order valence-corrected chi connectivity index (χ3v) is 5.06. The van der Waals surface area contributed by atoms with Gasteiger partial charge in [0, 0.05) is 17.7 Å². The van der Waals surface area contributed by atoms with Crippen LogP contribution in [-0.4, -0.2) is 25.2 Å². The maximum atomic E-state index is 5.88. The van der Waals surface area contributed by atoms with Crippen molar-refractivity contribution >= 4 is 0 Å². The number of benzene rings is 2. The van der Waals surface area contributed by atoms with Crippen LogP contribution in [0.1, 0.15) is 36.6 Å². The van der Waals surface area contributed by atoms with E-state index in [1.54, 1.807) is 13.2 Å². The van der Waals surface area contributed by atoms with E-state index in [0.29, 0.717) is 24.3 Å². The Hall–Kier alpha value is -3.54. The van der Waals surface area contributed by atoms with Gasteiger partial charge in [-0.05, 0) is 46.5 Å². The van der Waals surface area contributed by atoms with Gasteiger partial charge in [-0.25, -0.2) is 0 Å². The molecule has 0 aliphatic heterocycles. The van der Waals surface area contributed by atoms with Gasteiger partial charge >= 0.3 is 0 Å². The first-order chi connectivity index (χ1) is 14.6. The SMILES string of the molecule is CC(C)C(c1ccc(OCc2ccccn2)cc1)c1ccc(-c2nnn(C)n2)cc1. The highest BCUT2D eigenvalue weighted by Gasteiger charge is 2.19. The number of nitrogens with zero attached hydrogens (tertiary/aromatic N) is 5. The number of hydrogen-bond donors (Lipinski definition) is 0. The molecule has 4 aromatic rings. The second kappa shape index (κ2) is 8.86. The third-order valence-electron chi connectivity index (χ3n) is 5.06. The molecule has 0 spiro atoms. The van der Waals surface area contributed by atoms with Crippen LogP contribution in [0.2, 0.25) is 0 Å². The van der Waals surface area contributed by atoms with Crippen LogP contribution in [0, 0.1) is 5.92 Å². The van der Waals surface area contributed by atoms with E-state index in [4.69, 9.17) is 4.74 Å². The molecule has 0 fully saturated rings. The molecule has 2 aromatic carbocycles. The normalized spacial score (nSPS) is 12.1. The molecule has 0 aliphatic carbocycles. The van der Waals surface area contributed by atoms with Crippen LogP contribution in [0.3, 0.4) is 0 Å². The molecule has 30 heavy (non-hydrogen) atoms. The predicted molar refractivity (Wildman–Crippen MR) is 116 cm³/mol. The Morgan fingerprint density at radius 3 is 2.17 bits per heavy atom. The van der Waals surface area contributed by atoms with Crippen molar-refractivity contribution in [1.29, 1.82) is 0 Å². The Morgan fingerprint density at radius 2 is 1.60 bits per heavy atom. The average molecular weight is 399 g/mol. The Balaban J connectivity index is 1.50. The molecular weight excluding hydrogens is 374 g/mol. The fraction of sp³-hybridized carbons (Fsp3) is 0.250. The molecule has 0 saturated heterocycles. The lowest BCUT2D eigenvalue weighted by Gasteiger charge is -2.22. The summed E-state index contributed by atoms with van der Waals surface area (Å²) in [5.74, 6) is 2.22. The molecule has 0 N–H and O–H groups in total. The summed E-state index contributed by atoms with van der Waals surface area (Å²) < 4.78 is 5.88. The van der Waals surface area contributed by atoms with Gasteiger partial charge < -0.3 is 4.74 Å². The van der Waals surface area contributed by atoms with Gasteiger partial charge in [0.25, 0.3) is 0 Å². The van der Waals surface area contributed by atoms with E-state index >= 15 is 0 Å². The van der Waals surface area contributed by atoms with Crippen LogP contribution in [0.25, 0.3) is 11.4 Å². The van der Waals surface area contributed by atoms with Crippen molar-refractivity contribution in [2.24, 2.45) is 13.0 Å². The van der Waals surface area contributed by atoms with Gasteiger partial charge in [-0.1, -0.05) is 56.3 Å². The smallest absolute Gasteiger partial charge is 0.204 e. The van der Waals surface area contributed by atoms with Crippen molar-refractivity contribution in [2.75, 3.05) is 0 Å². The highest BCUT2D eigenvalue weighted by atomic mass is 16.5. The number of aryl methyl sites for hydroxylation is 1. The summed E-state index contributed by atoms with van der Waals surface area (Å²) in [6.07, 6.45) is 1.78. The number of aromatic nitrogens is 5. The lowest BCUT2D eigenvalue weighted by Crippen LogP contribution is -2.08. The second-order valence-electron chi connectivity index (χ2n) is 7.62. The van der Waals surface area contributed by atoms with Gasteiger partial charge in [0.15, 0.2) is 0 Å². The van der Waals surface area contributed by atoms with Crippen LogP contribution in [-0.2, 0) is 13.7 Å². The topological polar surface area (TPSA) is 65.7 Å². The highest BCUT2D eigenvalue weighted by Crippen LogP contribution is 2.33. The summed E-state index contributed by atoms with van der Waals surface area (Å²) in [5, 5.41) is 12.3. The number of tetrazole rings is 1. The van der Waals surface area contributed by atoms with E-state index in [1.165, 1.54) is 15.9 Å². The lowest BCUT2D eigenvalue weighted by atomic mass is 9.82. The maximum Gasteiger partial charge on any atom is 0.204 e. The molecular formula is C24H25N5O. The van der Waals surface area contributed by atoms with E-state index in [2.05, 4.69) is 70.6 Å². The van der Waals surface area contributed by atoms with Crippen molar-refractivity contribution in [1.82, 2.24) is 25.2 Å².